The molecular weight excluding hydrogens is 400 g/mol. The Morgan fingerprint density at radius 2 is 1.00 bits per heavy atom. The lowest BCUT2D eigenvalue weighted by molar-refractivity contribution is -0.155. The van der Waals surface area contributed by atoms with Crippen LogP contribution in [0.4, 0.5) is 0 Å². The van der Waals surface area contributed by atoms with Crippen LogP contribution < -0.4 is 11.5 Å². The second kappa shape index (κ2) is 12.1. The number of hydrogen-bond acceptors (Lipinski definition) is 6. The number of benzene rings is 2. The molecule has 2 unspecified atom stereocenters. The van der Waals surface area contributed by atoms with Crippen LogP contribution in [0, 0.1) is 0 Å². The van der Waals surface area contributed by atoms with Crippen molar-refractivity contribution in [3.8, 4) is 0 Å². The van der Waals surface area contributed by atoms with Crippen molar-refractivity contribution in [1.82, 2.24) is 0 Å². The van der Waals surface area contributed by atoms with Gasteiger partial charge in [0.2, 0.25) is 11.8 Å². The molecule has 2 atom stereocenters. The van der Waals surface area contributed by atoms with Gasteiger partial charge in [-0.3, -0.25) is 19.2 Å². The Bertz CT molecular complexity index is 812. The van der Waals surface area contributed by atoms with Crippen LogP contribution in [0.3, 0.4) is 0 Å². The Balaban J connectivity index is 1.85. The molecule has 0 saturated carbocycles. The molecule has 31 heavy (non-hydrogen) atoms. The minimum absolute atomic E-state index is 0.00755. The van der Waals surface area contributed by atoms with Crippen molar-refractivity contribution in [2.24, 2.45) is 11.5 Å². The zero-order valence-corrected chi connectivity index (χ0v) is 17.1. The van der Waals surface area contributed by atoms with Crippen LogP contribution in [0.15, 0.2) is 60.7 Å². The summed E-state index contributed by atoms with van der Waals surface area (Å²) in [5.74, 6) is -3.41. The molecule has 0 aliphatic heterocycles. The largest absolute Gasteiger partial charge is 0.465 e. The summed E-state index contributed by atoms with van der Waals surface area (Å²) in [4.78, 5) is 46.8. The quantitative estimate of drug-likeness (QED) is 0.392. The van der Waals surface area contributed by atoms with Crippen molar-refractivity contribution < 1.29 is 28.7 Å². The van der Waals surface area contributed by atoms with Crippen LogP contribution in [-0.2, 0) is 28.7 Å². The van der Waals surface area contributed by atoms with Crippen molar-refractivity contribution in [3.05, 3.63) is 71.8 Å². The molecule has 0 aliphatic rings. The minimum Gasteiger partial charge on any atom is -0.465 e. The number of primary amides is 2. The monoisotopic (exact) mass is 426 g/mol. The Morgan fingerprint density at radius 3 is 1.32 bits per heavy atom. The first-order valence-electron chi connectivity index (χ1n) is 9.83. The maximum absolute atomic E-state index is 12.1. The van der Waals surface area contributed by atoms with E-state index in [1.165, 1.54) is 0 Å². The van der Waals surface area contributed by atoms with Crippen LogP contribution in [-0.4, -0.2) is 37.0 Å². The summed E-state index contributed by atoms with van der Waals surface area (Å²) in [6.07, 6.45) is -0.572. The van der Waals surface area contributed by atoms with Gasteiger partial charge in [-0.15, -0.1) is 0 Å². The van der Waals surface area contributed by atoms with Gasteiger partial charge < -0.3 is 20.9 Å². The maximum Gasteiger partial charge on any atom is 0.317 e. The van der Waals surface area contributed by atoms with Crippen LogP contribution in [0.1, 0.15) is 42.2 Å². The van der Waals surface area contributed by atoms with E-state index >= 15 is 0 Å². The molecule has 164 valence electrons. The van der Waals surface area contributed by atoms with Crippen molar-refractivity contribution in [3.63, 3.8) is 0 Å². The van der Waals surface area contributed by atoms with E-state index < -0.39 is 42.0 Å². The molecule has 0 aromatic heterocycles. The summed E-state index contributed by atoms with van der Waals surface area (Å²) < 4.78 is 10.3. The van der Waals surface area contributed by atoms with E-state index in [9.17, 15) is 19.2 Å². The van der Waals surface area contributed by atoms with Gasteiger partial charge in [0, 0.05) is 24.7 Å². The molecule has 2 rings (SSSR count). The summed E-state index contributed by atoms with van der Waals surface area (Å²) in [5, 5.41) is 0. The summed E-state index contributed by atoms with van der Waals surface area (Å²) in [5.41, 5.74) is 12.2. The lowest BCUT2D eigenvalue weighted by Crippen LogP contribution is -2.23. The van der Waals surface area contributed by atoms with E-state index in [1.807, 2.05) is 12.1 Å². The normalized spacial score (nSPS) is 12.4. The molecule has 0 saturated heterocycles. The van der Waals surface area contributed by atoms with Crippen LogP contribution >= 0.6 is 0 Å². The Labute approximate surface area is 180 Å². The number of ether oxygens (including phenoxy) is 2. The number of hydrogen-bond donors (Lipinski definition) is 2. The fraction of sp³-hybridized carbons (Fsp3) is 0.304. The standard InChI is InChI=1S/C23H26N2O6/c24-20(26)11-18(16-7-3-1-4-8-16)14-30-22(28)13-23(29)31-15-19(12-21(25)27)17-9-5-2-6-10-17/h1-10,18-19H,11-15H2,(H2,24,26)(H2,25,27). The van der Waals surface area contributed by atoms with Gasteiger partial charge in [-0.25, -0.2) is 0 Å². The van der Waals surface area contributed by atoms with E-state index in [-0.39, 0.29) is 26.1 Å². The number of carbonyl (C=O) groups is 4. The van der Waals surface area contributed by atoms with Crippen LogP contribution in [0.2, 0.25) is 0 Å². The predicted octanol–water partition coefficient (Wildman–Crippen LogP) is 1.78. The first-order valence-corrected chi connectivity index (χ1v) is 9.83. The Morgan fingerprint density at radius 1 is 0.645 bits per heavy atom. The molecular formula is C23H26N2O6. The van der Waals surface area contributed by atoms with Gasteiger partial charge in [-0.1, -0.05) is 60.7 Å². The molecule has 8 heteroatoms. The van der Waals surface area contributed by atoms with Crippen LogP contribution in [0.5, 0.6) is 0 Å². The third kappa shape index (κ3) is 8.69. The number of amides is 2. The zero-order chi connectivity index (χ0) is 22.6. The first-order chi connectivity index (χ1) is 14.8. The van der Waals surface area contributed by atoms with Crippen molar-refractivity contribution in [2.75, 3.05) is 13.2 Å². The number of esters is 2. The molecule has 0 aliphatic carbocycles. The second-order valence-electron chi connectivity index (χ2n) is 7.10. The molecule has 2 aromatic carbocycles. The molecule has 0 fully saturated rings. The highest BCUT2D eigenvalue weighted by molar-refractivity contribution is 5.91. The number of carbonyl (C=O) groups excluding carboxylic acids is 4. The van der Waals surface area contributed by atoms with Gasteiger partial charge in [0.1, 0.15) is 6.42 Å². The van der Waals surface area contributed by atoms with Gasteiger partial charge in [0.25, 0.3) is 0 Å². The van der Waals surface area contributed by atoms with Crippen molar-refractivity contribution >= 4 is 23.8 Å². The second-order valence-corrected chi connectivity index (χ2v) is 7.10. The molecule has 0 heterocycles. The third-order valence-electron chi connectivity index (χ3n) is 4.62. The van der Waals surface area contributed by atoms with E-state index in [4.69, 9.17) is 20.9 Å². The lowest BCUT2D eigenvalue weighted by atomic mass is 9.96. The summed E-state index contributed by atoms with van der Waals surface area (Å²) in [6, 6.07) is 18.1. The van der Waals surface area contributed by atoms with Crippen LogP contribution in [0.25, 0.3) is 0 Å². The molecule has 8 nitrogen and oxygen atoms in total. The topological polar surface area (TPSA) is 139 Å². The van der Waals surface area contributed by atoms with E-state index in [2.05, 4.69) is 0 Å². The predicted molar refractivity (Wildman–Crippen MR) is 113 cm³/mol. The van der Waals surface area contributed by atoms with E-state index in [1.54, 1.807) is 48.5 Å². The lowest BCUT2D eigenvalue weighted by Gasteiger charge is -2.17. The van der Waals surface area contributed by atoms with E-state index in [0.29, 0.717) is 0 Å². The molecule has 4 N–H and O–H groups in total. The van der Waals surface area contributed by atoms with Gasteiger partial charge in [0.15, 0.2) is 0 Å². The average molecular weight is 426 g/mol. The molecule has 0 bridgehead atoms. The minimum atomic E-state index is -0.776. The molecule has 2 aromatic rings. The summed E-state index contributed by atoms with van der Waals surface area (Å²) in [7, 11) is 0. The highest BCUT2D eigenvalue weighted by Gasteiger charge is 2.21. The highest BCUT2D eigenvalue weighted by Crippen LogP contribution is 2.21. The first kappa shape index (κ1) is 23.6. The fourth-order valence-electron chi connectivity index (χ4n) is 3.09. The van der Waals surface area contributed by atoms with E-state index in [0.717, 1.165) is 11.1 Å². The summed E-state index contributed by atoms with van der Waals surface area (Å²) >= 11 is 0. The van der Waals surface area contributed by atoms with Gasteiger partial charge in [0.05, 0.1) is 13.2 Å². The Kier molecular flexibility index (Phi) is 9.22. The van der Waals surface area contributed by atoms with Gasteiger partial charge in [-0.2, -0.15) is 0 Å². The maximum atomic E-state index is 12.1. The van der Waals surface area contributed by atoms with Crippen molar-refractivity contribution in [2.45, 2.75) is 31.1 Å². The molecule has 0 radical (unpaired) electrons. The fourth-order valence-corrected chi connectivity index (χ4v) is 3.09. The summed E-state index contributed by atoms with van der Waals surface area (Å²) in [6.45, 7) is -0.180. The van der Waals surface area contributed by atoms with Crippen molar-refractivity contribution in [1.29, 1.82) is 0 Å². The molecule has 0 spiro atoms. The zero-order valence-electron chi connectivity index (χ0n) is 17.1. The smallest absolute Gasteiger partial charge is 0.317 e. The Hall–Kier alpha value is -3.68. The van der Waals surface area contributed by atoms with Gasteiger partial charge >= 0.3 is 11.9 Å². The number of nitrogens with two attached hydrogens (primary N) is 2. The van der Waals surface area contributed by atoms with Gasteiger partial charge in [-0.05, 0) is 11.1 Å². The third-order valence-corrected chi connectivity index (χ3v) is 4.62. The molecule has 2 amide bonds. The average Bonchev–Trinajstić information content (AvgIpc) is 2.75. The SMILES string of the molecule is NC(=O)CC(COC(=O)CC(=O)OCC(CC(N)=O)c1ccccc1)c1ccccc1. The highest BCUT2D eigenvalue weighted by atomic mass is 16.6. The number of rotatable bonds is 12.